The van der Waals surface area contributed by atoms with E-state index in [1.165, 1.54) is 7.11 Å². The molecule has 0 fully saturated rings. The summed E-state index contributed by atoms with van der Waals surface area (Å²) in [5, 5.41) is 16.5. The predicted octanol–water partition coefficient (Wildman–Crippen LogP) is 4.45. The molecule has 1 N–H and O–H groups in total. The monoisotopic (exact) mass is 380 g/mol. The van der Waals surface area contributed by atoms with E-state index in [1.54, 1.807) is 36.4 Å². The van der Waals surface area contributed by atoms with Crippen LogP contribution >= 0.6 is 11.3 Å². The number of benzene rings is 2. The molecule has 5 nitrogen and oxygen atoms in total. The highest BCUT2D eigenvalue weighted by atomic mass is 32.1. The summed E-state index contributed by atoms with van der Waals surface area (Å²) in [6.45, 7) is 0. The van der Waals surface area contributed by atoms with Gasteiger partial charge in [-0.2, -0.15) is 13.2 Å². The van der Waals surface area contributed by atoms with Gasteiger partial charge in [-0.1, -0.05) is 41.7 Å². The molecule has 9 heteroatoms. The van der Waals surface area contributed by atoms with Crippen molar-refractivity contribution < 1.29 is 27.8 Å². The summed E-state index contributed by atoms with van der Waals surface area (Å²) in [4.78, 5) is 11.5. The lowest BCUT2D eigenvalue weighted by molar-refractivity contribution is -0.138. The third-order valence-electron chi connectivity index (χ3n) is 3.55. The number of hydrogen-bond acceptors (Lipinski definition) is 5. The minimum atomic E-state index is -4.56. The zero-order valence-corrected chi connectivity index (χ0v) is 14.1. The van der Waals surface area contributed by atoms with Gasteiger partial charge in [0.25, 0.3) is 0 Å². The molecule has 2 aromatic carbocycles. The first kappa shape index (κ1) is 17.9. The highest BCUT2D eigenvalue weighted by Gasteiger charge is 2.35. The Morgan fingerprint density at radius 1 is 1.23 bits per heavy atom. The van der Waals surface area contributed by atoms with E-state index >= 15 is 0 Å². The first-order valence-corrected chi connectivity index (χ1v) is 8.03. The average molecular weight is 380 g/mol. The molecule has 3 rings (SSSR count). The van der Waals surface area contributed by atoms with Crippen molar-refractivity contribution in [2.24, 2.45) is 0 Å². The SMILES string of the molecule is COC=C(C(=O)O)c1cccc2ccc(-c3nnc(C(F)(F)F)s3)cc12. The number of aromatic nitrogens is 2. The van der Waals surface area contributed by atoms with Gasteiger partial charge in [-0.3, -0.25) is 0 Å². The van der Waals surface area contributed by atoms with Crippen LogP contribution in [0.25, 0.3) is 26.9 Å². The second-order valence-corrected chi connectivity index (χ2v) is 6.20. The zero-order valence-electron chi connectivity index (χ0n) is 13.2. The number of aliphatic carboxylic acids is 1. The molecular weight excluding hydrogens is 369 g/mol. The number of ether oxygens (including phenoxy) is 1. The fraction of sp³-hybridized carbons (Fsp3) is 0.118. The number of carboxylic acid groups (broad SMARTS) is 1. The van der Waals surface area contributed by atoms with Crippen LogP contribution < -0.4 is 0 Å². The molecule has 1 aromatic heterocycles. The third kappa shape index (κ3) is 3.38. The van der Waals surface area contributed by atoms with Gasteiger partial charge in [-0.25, -0.2) is 4.79 Å². The second-order valence-electron chi connectivity index (χ2n) is 5.22. The van der Waals surface area contributed by atoms with Gasteiger partial charge in [0, 0.05) is 5.56 Å². The summed E-state index contributed by atoms with van der Waals surface area (Å²) in [7, 11) is 1.33. The number of nitrogens with zero attached hydrogens (tertiary/aromatic N) is 2. The number of fused-ring (bicyclic) bond motifs is 1. The second kappa shape index (κ2) is 6.75. The van der Waals surface area contributed by atoms with Gasteiger partial charge in [-0.05, 0) is 22.4 Å². The maximum atomic E-state index is 12.7. The Kier molecular flexibility index (Phi) is 4.64. The molecule has 0 unspecified atom stereocenters. The number of hydrogen-bond donors (Lipinski definition) is 1. The Morgan fingerprint density at radius 2 is 2.00 bits per heavy atom. The standard InChI is InChI=1S/C17H11F3N2O3S/c1-25-8-13(15(23)24)11-4-2-3-9-5-6-10(7-12(9)11)14-21-22-16(26-14)17(18,19)20/h2-8H,1H3,(H,23,24). The van der Waals surface area contributed by atoms with Crippen molar-refractivity contribution in [2.45, 2.75) is 6.18 Å². The molecule has 3 aromatic rings. The van der Waals surface area contributed by atoms with E-state index in [0.29, 0.717) is 27.8 Å². The summed E-state index contributed by atoms with van der Waals surface area (Å²) in [6, 6.07) is 9.97. The normalized spacial score (nSPS) is 12.4. The first-order chi connectivity index (χ1) is 12.3. The lowest BCUT2D eigenvalue weighted by Crippen LogP contribution is -2.03. The van der Waals surface area contributed by atoms with Crippen molar-refractivity contribution in [3.8, 4) is 10.6 Å². The summed E-state index contributed by atoms with van der Waals surface area (Å²) in [6.07, 6.45) is -3.45. The Hall–Kier alpha value is -2.94. The van der Waals surface area contributed by atoms with E-state index < -0.39 is 17.2 Å². The number of alkyl halides is 3. The van der Waals surface area contributed by atoms with Crippen LogP contribution in [0.3, 0.4) is 0 Å². The maximum absolute atomic E-state index is 12.7. The Balaban J connectivity index is 2.16. The van der Waals surface area contributed by atoms with E-state index in [1.807, 2.05) is 0 Å². The summed E-state index contributed by atoms with van der Waals surface area (Å²) in [5.41, 5.74) is 0.739. The van der Waals surface area contributed by atoms with E-state index in [-0.39, 0.29) is 10.6 Å². The van der Waals surface area contributed by atoms with Crippen LogP contribution in [0.4, 0.5) is 13.2 Å². The smallest absolute Gasteiger partial charge is 0.445 e. The quantitative estimate of drug-likeness (QED) is 0.535. The largest absolute Gasteiger partial charge is 0.503 e. The minimum absolute atomic E-state index is 0.0662. The van der Waals surface area contributed by atoms with Crippen molar-refractivity contribution in [3.63, 3.8) is 0 Å². The zero-order chi connectivity index (χ0) is 18.9. The van der Waals surface area contributed by atoms with Crippen LogP contribution in [-0.2, 0) is 15.7 Å². The van der Waals surface area contributed by atoms with Gasteiger partial charge in [0.15, 0.2) is 0 Å². The number of rotatable bonds is 4. The molecule has 26 heavy (non-hydrogen) atoms. The minimum Gasteiger partial charge on any atom is -0.503 e. The molecule has 0 saturated carbocycles. The van der Waals surface area contributed by atoms with Gasteiger partial charge in [-0.15, -0.1) is 10.2 Å². The third-order valence-corrected chi connectivity index (χ3v) is 4.57. The molecule has 1 heterocycles. The number of methoxy groups -OCH3 is 1. The lowest BCUT2D eigenvalue weighted by Gasteiger charge is -2.08. The summed E-state index contributed by atoms with van der Waals surface area (Å²) in [5.74, 6) is -1.18. The van der Waals surface area contributed by atoms with Gasteiger partial charge < -0.3 is 9.84 Å². The molecule has 0 saturated heterocycles. The van der Waals surface area contributed by atoms with Gasteiger partial charge in [0.2, 0.25) is 5.01 Å². The molecule has 0 spiro atoms. The van der Waals surface area contributed by atoms with Gasteiger partial charge in [0.05, 0.1) is 13.4 Å². The van der Waals surface area contributed by atoms with Crippen molar-refractivity contribution in [1.29, 1.82) is 0 Å². The van der Waals surface area contributed by atoms with Gasteiger partial charge >= 0.3 is 12.1 Å². The van der Waals surface area contributed by atoms with Gasteiger partial charge in [0.1, 0.15) is 10.6 Å². The van der Waals surface area contributed by atoms with Crippen LogP contribution in [0.15, 0.2) is 42.7 Å². The van der Waals surface area contributed by atoms with Crippen molar-refractivity contribution in [3.05, 3.63) is 53.2 Å². The molecule has 0 aliphatic rings. The molecule has 0 bridgehead atoms. The average Bonchev–Trinajstić information content (AvgIpc) is 3.09. The Bertz CT molecular complexity index is 1010. The molecule has 0 radical (unpaired) electrons. The van der Waals surface area contributed by atoms with Crippen LogP contribution in [0.5, 0.6) is 0 Å². The fourth-order valence-electron chi connectivity index (χ4n) is 2.44. The first-order valence-electron chi connectivity index (χ1n) is 7.21. The summed E-state index contributed by atoms with van der Waals surface area (Å²) >= 11 is 0.429. The predicted molar refractivity (Wildman–Crippen MR) is 90.5 cm³/mol. The van der Waals surface area contributed by atoms with Crippen LogP contribution in [0, 0.1) is 0 Å². The number of carboxylic acids is 1. The van der Waals surface area contributed by atoms with E-state index in [9.17, 15) is 23.1 Å². The van der Waals surface area contributed by atoms with E-state index in [4.69, 9.17) is 4.74 Å². The summed E-state index contributed by atoms with van der Waals surface area (Å²) < 4.78 is 43.0. The molecule has 0 atom stereocenters. The number of halogens is 3. The van der Waals surface area contributed by atoms with Crippen LogP contribution in [0.1, 0.15) is 10.6 Å². The fourth-order valence-corrected chi connectivity index (χ4v) is 3.15. The highest BCUT2D eigenvalue weighted by Crippen LogP contribution is 2.36. The van der Waals surface area contributed by atoms with E-state index in [0.717, 1.165) is 11.6 Å². The molecule has 0 aliphatic heterocycles. The van der Waals surface area contributed by atoms with Crippen LogP contribution in [-0.4, -0.2) is 28.4 Å². The molecular formula is C17H11F3N2O3S. The van der Waals surface area contributed by atoms with E-state index in [2.05, 4.69) is 10.2 Å². The molecule has 0 amide bonds. The van der Waals surface area contributed by atoms with Crippen molar-refractivity contribution >= 4 is 33.7 Å². The van der Waals surface area contributed by atoms with Crippen molar-refractivity contribution in [2.75, 3.05) is 7.11 Å². The Labute approximate surface area is 149 Å². The molecule has 134 valence electrons. The number of carbonyl (C=O) groups is 1. The topological polar surface area (TPSA) is 72.3 Å². The van der Waals surface area contributed by atoms with Crippen molar-refractivity contribution in [1.82, 2.24) is 10.2 Å². The Morgan fingerprint density at radius 3 is 2.62 bits per heavy atom. The molecule has 0 aliphatic carbocycles. The van der Waals surface area contributed by atoms with Crippen LogP contribution in [0.2, 0.25) is 0 Å². The highest BCUT2D eigenvalue weighted by molar-refractivity contribution is 7.14. The lowest BCUT2D eigenvalue weighted by atomic mass is 9.97. The maximum Gasteiger partial charge on any atom is 0.445 e.